The van der Waals surface area contributed by atoms with Crippen molar-refractivity contribution >= 4 is 11.9 Å². The van der Waals surface area contributed by atoms with Gasteiger partial charge < -0.3 is 14.2 Å². The van der Waals surface area contributed by atoms with E-state index in [1.54, 1.807) is 7.11 Å². The number of carbonyl (C=O) groups is 2. The first-order valence-corrected chi connectivity index (χ1v) is 10.6. The van der Waals surface area contributed by atoms with Crippen molar-refractivity contribution in [3.8, 4) is 5.75 Å². The summed E-state index contributed by atoms with van der Waals surface area (Å²) < 4.78 is 15.6. The summed E-state index contributed by atoms with van der Waals surface area (Å²) in [6.45, 7) is 3.00. The SMILES string of the molecule is CCCCCCCCOC(=O)CCCCCC(=O)OCc1ccc(OC)cc1. The molecule has 0 aliphatic rings. The van der Waals surface area contributed by atoms with Crippen LogP contribution in [0.1, 0.15) is 83.1 Å². The second kappa shape index (κ2) is 16.0. The van der Waals surface area contributed by atoms with E-state index in [4.69, 9.17) is 14.2 Å². The Morgan fingerprint density at radius 2 is 1.32 bits per heavy atom. The van der Waals surface area contributed by atoms with E-state index in [-0.39, 0.29) is 18.5 Å². The molecule has 1 aromatic carbocycles. The second-order valence-electron chi connectivity index (χ2n) is 7.06. The first-order valence-electron chi connectivity index (χ1n) is 10.6. The molecule has 0 atom stereocenters. The minimum Gasteiger partial charge on any atom is -0.497 e. The van der Waals surface area contributed by atoms with Gasteiger partial charge in [-0.05, 0) is 37.0 Å². The minimum atomic E-state index is -0.207. The van der Waals surface area contributed by atoms with Crippen molar-refractivity contribution in [1.29, 1.82) is 0 Å². The maximum atomic E-state index is 11.8. The zero-order valence-corrected chi connectivity index (χ0v) is 17.5. The summed E-state index contributed by atoms with van der Waals surface area (Å²) in [4.78, 5) is 23.4. The normalized spacial score (nSPS) is 10.5. The molecule has 1 rings (SSSR count). The molecule has 0 spiro atoms. The van der Waals surface area contributed by atoms with Gasteiger partial charge in [0.25, 0.3) is 0 Å². The van der Waals surface area contributed by atoms with Crippen LogP contribution in [0.3, 0.4) is 0 Å². The lowest BCUT2D eigenvalue weighted by Crippen LogP contribution is -2.06. The highest BCUT2D eigenvalue weighted by Crippen LogP contribution is 2.13. The Balaban J connectivity index is 1.95. The third kappa shape index (κ3) is 12.4. The van der Waals surface area contributed by atoms with Crippen molar-refractivity contribution in [2.75, 3.05) is 13.7 Å². The van der Waals surface area contributed by atoms with Crippen molar-refractivity contribution in [1.82, 2.24) is 0 Å². The van der Waals surface area contributed by atoms with E-state index >= 15 is 0 Å². The summed E-state index contributed by atoms with van der Waals surface area (Å²) in [6.07, 6.45) is 10.2. The van der Waals surface area contributed by atoms with Crippen LogP contribution in [0.2, 0.25) is 0 Å². The average molecular weight is 393 g/mol. The molecule has 0 aliphatic heterocycles. The number of benzene rings is 1. The molecule has 158 valence electrons. The molecule has 0 N–H and O–H groups in total. The Bertz CT molecular complexity index is 538. The number of ether oxygens (including phenoxy) is 3. The fourth-order valence-corrected chi connectivity index (χ4v) is 2.81. The number of methoxy groups -OCH3 is 1. The number of rotatable bonds is 16. The molecule has 0 saturated carbocycles. The van der Waals surface area contributed by atoms with Gasteiger partial charge in [0.05, 0.1) is 13.7 Å². The average Bonchev–Trinajstić information content (AvgIpc) is 2.71. The van der Waals surface area contributed by atoms with Crippen LogP contribution in [0.15, 0.2) is 24.3 Å². The van der Waals surface area contributed by atoms with Crippen molar-refractivity contribution in [2.45, 2.75) is 84.2 Å². The third-order valence-corrected chi connectivity index (χ3v) is 4.58. The summed E-state index contributed by atoms with van der Waals surface area (Å²) in [7, 11) is 1.62. The van der Waals surface area contributed by atoms with Gasteiger partial charge in [-0.1, -0.05) is 57.6 Å². The smallest absolute Gasteiger partial charge is 0.306 e. The molecule has 0 saturated heterocycles. The number of unbranched alkanes of at least 4 members (excludes halogenated alkanes) is 7. The van der Waals surface area contributed by atoms with Gasteiger partial charge in [0, 0.05) is 12.8 Å². The highest BCUT2D eigenvalue weighted by molar-refractivity contribution is 5.69. The Hall–Kier alpha value is -2.04. The van der Waals surface area contributed by atoms with Crippen molar-refractivity contribution in [3.63, 3.8) is 0 Å². The van der Waals surface area contributed by atoms with Gasteiger partial charge in [-0.15, -0.1) is 0 Å². The van der Waals surface area contributed by atoms with Crippen LogP contribution in [0, 0.1) is 0 Å². The lowest BCUT2D eigenvalue weighted by Gasteiger charge is -2.06. The van der Waals surface area contributed by atoms with Crippen LogP contribution in [0.5, 0.6) is 5.75 Å². The molecule has 28 heavy (non-hydrogen) atoms. The first kappa shape index (κ1) is 24.0. The molecular weight excluding hydrogens is 356 g/mol. The van der Waals surface area contributed by atoms with Crippen LogP contribution < -0.4 is 4.74 Å². The van der Waals surface area contributed by atoms with Crippen LogP contribution in [0.4, 0.5) is 0 Å². The third-order valence-electron chi connectivity index (χ3n) is 4.58. The Morgan fingerprint density at radius 3 is 1.96 bits per heavy atom. The number of carbonyl (C=O) groups excluding carboxylic acids is 2. The molecule has 0 bridgehead atoms. The molecule has 0 unspecified atom stereocenters. The maximum absolute atomic E-state index is 11.8. The summed E-state index contributed by atoms with van der Waals surface area (Å²) in [6, 6.07) is 7.44. The number of hydrogen-bond donors (Lipinski definition) is 0. The molecule has 1 aromatic rings. The predicted octanol–water partition coefficient (Wildman–Crippen LogP) is 5.59. The number of hydrogen-bond acceptors (Lipinski definition) is 5. The van der Waals surface area contributed by atoms with E-state index in [0.29, 0.717) is 19.4 Å². The van der Waals surface area contributed by atoms with Crippen LogP contribution in [-0.2, 0) is 25.7 Å². The van der Waals surface area contributed by atoms with Gasteiger partial charge in [-0.25, -0.2) is 0 Å². The first-order chi connectivity index (χ1) is 13.7. The summed E-state index contributed by atoms with van der Waals surface area (Å²) in [5.41, 5.74) is 0.933. The molecule has 5 nitrogen and oxygen atoms in total. The summed E-state index contributed by atoms with van der Waals surface area (Å²) in [5, 5.41) is 0. The van der Waals surface area contributed by atoms with E-state index in [1.165, 1.54) is 25.7 Å². The molecule has 0 radical (unpaired) electrons. The largest absolute Gasteiger partial charge is 0.497 e. The zero-order chi connectivity index (χ0) is 20.5. The van der Waals surface area contributed by atoms with Gasteiger partial charge in [-0.3, -0.25) is 9.59 Å². The van der Waals surface area contributed by atoms with Gasteiger partial charge in [0.2, 0.25) is 0 Å². The minimum absolute atomic E-state index is 0.129. The van der Waals surface area contributed by atoms with Gasteiger partial charge in [0.15, 0.2) is 0 Å². The quantitative estimate of drug-likeness (QED) is 0.271. The molecule has 0 fully saturated rings. The van der Waals surface area contributed by atoms with E-state index in [9.17, 15) is 9.59 Å². The maximum Gasteiger partial charge on any atom is 0.306 e. The second-order valence-corrected chi connectivity index (χ2v) is 7.06. The lowest BCUT2D eigenvalue weighted by molar-refractivity contribution is -0.145. The highest BCUT2D eigenvalue weighted by atomic mass is 16.5. The fourth-order valence-electron chi connectivity index (χ4n) is 2.81. The standard InChI is InChI=1S/C23H36O5/c1-3-4-5-6-7-11-18-27-22(24)12-9-8-10-13-23(25)28-19-20-14-16-21(26-2)17-15-20/h14-17H,3-13,18-19H2,1-2H3. The summed E-state index contributed by atoms with van der Waals surface area (Å²) >= 11 is 0. The zero-order valence-electron chi connectivity index (χ0n) is 17.5. The molecule has 5 heteroatoms. The molecule has 0 aliphatic carbocycles. The van der Waals surface area contributed by atoms with E-state index < -0.39 is 0 Å². The Labute approximate surface area is 169 Å². The van der Waals surface area contributed by atoms with Gasteiger partial charge in [-0.2, -0.15) is 0 Å². The monoisotopic (exact) mass is 392 g/mol. The predicted molar refractivity (Wildman–Crippen MR) is 110 cm³/mol. The van der Waals surface area contributed by atoms with Crippen LogP contribution >= 0.6 is 0 Å². The summed E-state index contributed by atoms with van der Waals surface area (Å²) in [5.74, 6) is 0.442. The van der Waals surface area contributed by atoms with Crippen molar-refractivity contribution in [2.24, 2.45) is 0 Å². The van der Waals surface area contributed by atoms with E-state index in [1.807, 2.05) is 24.3 Å². The molecule has 0 aromatic heterocycles. The van der Waals surface area contributed by atoms with Crippen molar-refractivity contribution in [3.05, 3.63) is 29.8 Å². The van der Waals surface area contributed by atoms with E-state index in [2.05, 4.69) is 6.92 Å². The fraction of sp³-hybridized carbons (Fsp3) is 0.652. The molecule has 0 amide bonds. The number of esters is 2. The molecular formula is C23H36O5. The lowest BCUT2D eigenvalue weighted by atomic mass is 10.1. The molecule has 0 heterocycles. The van der Waals surface area contributed by atoms with Crippen LogP contribution in [0.25, 0.3) is 0 Å². The van der Waals surface area contributed by atoms with Crippen molar-refractivity contribution < 1.29 is 23.8 Å². The topological polar surface area (TPSA) is 61.8 Å². The van der Waals surface area contributed by atoms with Gasteiger partial charge >= 0.3 is 11.9 Å². The Morgan fingerprint density at radius 1 is 0.750 bits per heavy atom. The Kier molecular flexibility index (Phi) is 13.7. The highest BCUT2D eigenvalue weighted by Gasteiger charge is 2.06. The van der Waals surface area contributed by atoms with Crippen LogP contribution in [-0.4, -0.2) is 25.7 Å². The van der Waals surface area contributed by atoms with E-state index in [0.717, 1.165) is 43.4 Å². The van der Waals surface area contributed by atoms with Gasteiger partial charge in [0.1, 0.15) is 12.4 Å².